The van der Waals surface area contributed by atoms with Gasteiger partial charge in [-0.15, -0.1) is 23.1 Å². The van der Waals surface area contributed by atoms with Crippen LogP contribution in [0.15, 0.2) is 34.7 Å². The second kappa shape index (κ2) is 7.76. The molecule has 0 aliphatic heterocycles. The van der Waals surface area contributed by atoms with E-state index in [-0.39, 0.29) is 0 Å². The normalized spacial score (nSPS) is 12.5. The van der Waals surface area contributed by atoms with Crippen LogP contribution in [0.5, 0.6) is 0 Å². The van der Waals surface area contributed by atoms with Gasteiger partial charge < -0.3 is 5.11 Å². The van der Waals surface area contributed by atoms with Crippen LogP contribution in [0.1, 0.15) is 22.2 Å². The summed E-state index contributed by atoms with van der Waals surface area (Å²) < 4.78 is 0. The molecular formula is C16H20N2O2S2. The lowest BCUT2D eigenvalue weighted by molar-refractivity contribution is -0.143. The van der Waals surface area contributed by atoms with E-state index in [1.54, 1.807) is 23.1 Å². The first-order valence-electron chi connectivity index (χ1n) is 6.99. The molecule has 1 aromatic heterocycles. The van der Waals surface area contributed by atoms with Crippen LogP contribution in [0.2, 0.25) is 0 Å². The predicted octanol–water partition coefficient (Wildman–Crippen LogP) is 3.47. The molecule has 1 aromatic carbocycles. The third-order valence-corrected chi connectivity index (χ3v) is 5.45. The molecule has 4 nitrogen and oxygen atoms in total. The number of carboxylic acids is 1. The van der Waals surface area contributed by atoms with E-state index in [4.69, 9.17) is 0 Å². The number of rotatable bonds is 7. The van der Waals surface area contributed by atoms with Gasteiger partial charge in [-0.05, 0) is 38.3 Å². The van der Waals surface area contributed by atoms with Crippen LogP contribution in [-0.4, -0.2) is 40.8 Å². The monoisotopic (exact) mass is 336 g/mol. The molecule has 22 heavy (non-hydrogen) atoms. The van der Waals surface area contributed by atoms with E-state index < -0.39 is 12.0 Å². The molecule has 0 saturated carbocycles. The third-order valence-electron chi connectivity index (χ3n) is 3.64. The molecular weight excluding hydrogens is 316 g/mol. The van der Waals surface area contributed by atoms with Gasteiger partial charge in [0.2, 0.25) is 0 Å². The lowest BCUT2D eigenvalue weighted by Crippen LogP contribution is -2.32. The van der Waals surface area contributed by atoms with Crippen LogP contribution in [0, 0.1) is 6.92 Å². The lowest BCUT2D eigenvalue weighted by Gasteiger charge is -2.26. The summed E-state index contributed by atoms with van der Waals surface area (Å²) in [6.45, 7) is 2.67. The fourth-order valence-electron chi connectivity index (χ4n) is 2.42. The van der Waals surface area contributed by atoms with E-state index in [9.17, 15) is 9.90 Å². The Morgan fingerprint density at radius 1 is 1.45 bits per heavy atom. The van der Waals surface area contributed by atoms with Crippen LogP contribution in [0.3, 0.4) is 0 Å². The molecule has 1 N–H and O–H groups in total. The summed E-state index contributed by atoms with van der Waals surface area (Å²) in [5, 5.41) is 9.67. The van der Waals surface area contributed by atoms with Crippen molar-refractivity contribution in [3.63, 3.8) is 0 Å². The number of carboxylic acid groups (broad SMARTS) is 1. The molecule has 2 rings (SSSR count). The molecule has 0 aliphatic rings. The number of aryl methyl sites for hydroxylation is 1. The molecule has 1 atom stereocenters. The van der Waals surface area contributed by atoms with Crippen molar-refractivity contribution in [1.29, 1.82) is 0 Å². The first kappa shape index (κ1) is 17.0. The predicted molar refractivity (Wildman–Crippen MR) is 91.8 cm³/mol. The average Bonchev–Trinajstić information content (AvgIpc) is 2.91. The van der Waals surface area contributed by atoms with Gasteiger partial charge in [-0.3, -0.25) is 9.69 Å². The maximum Gasteiger partial charge on any atom is 0.325 e. The molecule has 1 unspecified atom stereocenters. The Hall–Kier alpha value is -1.37. The van der Waals surface area contributed by atoms with Gasteiger partial charge in [0, 0.05) is 16.3 Å². The maximum absolute atomic E-state index is 11.8. The SMILES string of the molecule is CSc1ccccc1C(C(=O)O)N(C)CCc1scnc1C. The number of carbonyl (C=O) groups is 1. The van der Waals surface area contributed by atoms with Crippen molar-refractivity contribution in [3.8, 4) is 0 Å². The lowest BCUT2D eigenvalue weighted by atomic mass is 10.1. The molecule has 0 aliphatic carbocycles. The highest BCUT2D eigenvalue weighted by Crippen LogP contribution is 2.29. The topological polar surface area (TPSA) is 53.4 Å². The van der Waals surface area contributed by atoms with Crippen LogP contribution >= 0.6 is 23.1 Å². The molecule has 0 radical (unpaired) electrons. The first-order valence-corrected chi connectivity index (χ1v) is 9.10. The summed E-state index contributed by atoms with van der Waals surface area (Å²) in [5.41, 5.74) is 3.73. The Balaban J connectivity index is 2.17. The second-order valence-electron chi connectivity index (χ2n) is 5.07. The molecule has 0 saturated heterocycles. The fraction of sp³-hybridized carbons (Fsp3) is 0.375. The summed E-state index contributed by atoms with van der Waals surface area (Å²) in [5.74, 6) is -0.815. The van der Waals surface area contributed by atoms with Crippen LogP contribution < -0.4 is 0 Å². The van der Waals surface area contributed by atoms with Gasteiger partial charge in [0.25, 0.3) is 0 Å². The highest BCUT2D eigenvalue weighted by atomic mass is 32.2. The van der Waals surface area contributed by atoms with Gasteiger partial charge in [-0.25, -0.2) is 4.98 Å². The smallest absolute Gasteiger partial charge is 0.325 e. The number of thioether (sulfide) groups is 1. The number of hydrogen-bond donors (Lipinski definition) is 1. The Labute approximate surface area is 139 Å². The zero-order valence-electron chi connectivity index (χ0n) is 12.9. The van der Waals surface area contributed by atoms with E-state index in [0.29, 0.717) is 6.54 Å². The van der Waals surface area contributed by atoms with Gasteiger partial charge in [0.15, 0.2) is 0 Å². The van der Waals surface area contributed by atoms with E-state index >= 15 is 0 Å². The molecule has 0 bridgehead atoms. The zero-order chi connectivity index (χ0) is 16.1. The van der Waals surface area contributed by atoms with E-state index in [1.807, 2.05) is 54.9 Å². The van der Waals surface area contributed by atoms with Crippen LogP contribution in [0.25, 0.3) is 0 Å². The summed E-state index contributed by atoms with van der Waals surface area (Å²) in [4.78, 5) is 20.1. The van der Waals surface area contributed by atoms with Gasteiger partial charge in [-0.2, -0.15) is 0 Å². The Kier molecular flexibility index (Phi) is 5.99. The minimum Gasteiger partial charge on any atom is -0.480 e. The molecule has 0 fully saturated rings. The van der Waals surface area contributed by atoms with Gasteiger partial charge in [-0.1, -0.05) is 18.2 Å². The number of nitrogens with zero attached hydrogens (tertiary/aromatic N) is 2. The zero-order valence-corrected chi connectivity index (χ0v) is 14.6. The van der Waals surface area contributed by atoms with Gasteiger partial charge >= 0.3 is 5.97 Å². The van der Waals surface area contributed by atoms with Crippen molar-refractivity contribution >= 4 is 29.1 Å². The van der Waals surface area contributed by atoms with Crippen LogP contribution in [-0.2, 0) is 11.2 Å². The number of likely N-dealkylation sites (N-methyl/N-ethyl adjacent to an activating group) is 1. The minimum absolute atomic E-state index is 0.628. The molecule has 6 heteroatoms. The number of aromatic nitrogens is 1. The minimum atomic E-state index is -0.815. The van der Waals surface area contributed by atoms with E-state index in [2.05, 4.69) is 4.98 Å². The Morgan fingerprint density at radius 2 is 2.18 bits per heavy atom. The quantitative estimate of drug-likeness (QED) is 0.785. The number of benzene rings is 1. The number of hydrogen-bond acceptors (Lipinski definition) is 5. The fourth-order valence-corrected chi connectivity index (χ4v) is 3.82. The standard InChI is InChI=1S/C16H20N2O2S2/c1-11-13(22-10-17-11)8-9-18(2)15(16(19)20)12-6-4-5-7-14(12)21-3/h4-7,10,15H,8-9H2,1-3H3,(H,19,20). The molecule has 0 spiro atoms. The Morgan fingerprint density at radius 3 is 2.77 bits per heavy atom. The van der Waals surface area contributed by atoms with Crippen molar-refractivity contribution in [2.24, 2.45) is 0 Å². The van der Waals surface area contributed by atoms with E-state index in [0.717, 1.165) is 22.6 Å². The van der Waals surface area contributed by atoms with Gasteiger partial charge in [0.1, 0.15) is 6.04 Å². The maximum atomic E-state index is 11.8. The Bertz CT molecular complexity index is 643. The molecule has 118 valence electrons. The van der Waals surface area contributed by atoms with Crippen molar-refractivity contribution in [3.05, 3.63) is 45.9 Å². The first-order chi connectivity index (χ1) is 10.5. The average molecular weight is 336 g/mol. The van der Waals surface area contributed by atoms with E-state index in [1.165, 1.54) is 4.88 Å². The van der Waals surface area contributed by atoms with Crippen LogP contribution in [0.4, 0.5) is 0 Å². The van der Waals surface area contributed by atoms with Crippen molar-refractivity contribution in [2.75, 3.05) is 19.8 Å². The highest BCUT2D eigenvalue weighted by molar-refractivity contribution is 7.98. The third kappa shape index (κ3) is 3.88. The summed E-state index contributed by atoms with van der Waals surface area (Å²) in [6, 6.07) is 7.08. The second-order valence-corrected chi connectivity index (χ2v) is 6.86. The molecule has 2 aromatic rings. The summed E-state index contributed by atoms with van der Waals surface area (Å²) in [6.07, 6.45) is 2.79. The van der Waals surface area contributed by atoms with Crippen molar-refractivity contribution in [2.45, 2.75) is 24.3 Å². The number of aliphatic carboxylic acids is 1. The van der Waals surface area contributed by atoms with Crippen molar-refractivity contribution in [1.82, 2.24) is 9.88 Å². The number of thiazole rings is 1. The molecule has 0 amide bonds. The molecule has 1 heterocycles. The van der Waals surface area contributed by atoms with Gasteiger partial charge in [0.05, 0.1) is 11.2 Å². The summed E-state index contributed by atoms with van der Waals surface area (Å²) in [7, 11) is 1.87. The summed E-state index contributed by atoms with van der Waals surface area (Å²) >= 11 is 3.20. The highest BCUT2D eigenvalue weighted by Gasteiger charge is 2.26. The van der Waals surface area contributed by atoms with Crippen molar-refractivity contribution < 1.29 is 9.90 Å². The largest absolute Gasteiger partial charge is 0.480 e.